The molecule has 3 aromatic rings. The molecule has 0 saturated heterocycles. The number of aryl methyl sites for hydroxylation is 1. The van der Waals surface area contributed by atoms with E-state index in [1.54, 1.807) is 7.05 Å². The predicted molar refractivity (Wildman–Crippen MR) is 78.2 cm³/mol. The van der Waals surface area contributed by atoms with E-state index in [0.29, 0.717) is 11.3 Å². The number of furan rings is 1. The second-order valence-corrected chi connectivity index (χ2v) is 5.03. The minimum Gasteiger partial charge on any atom is -0.459 e. The van der Waals surface area contributed by atoms with E-state index in [4.69, 9.17) is 4.42 Å². The normalized spacial score (nSPS) is 12.8. The number of hydrogen-bond acceptors (Lipinski definition) is 2. The van der Waals surface area contributed by atoms with E-state index in [0.717, 1.165) is 22.6 Å². The lowest BCUT2D eigenvalue weighted by atomic mass is 10.0. The molecule has 0 aliphatic carbocycles. The van der Waals surface area contributed by atoms with E-state index in [2.05, 4.69) is 5.32 Å². The quantitative estimate of drug-likeness (QED) is 0.775. The second-order valence-electron chi connectivity index (χ2n) is 5.03. The van der Waals surface area contributed by atoms with Crippen molar-refractivity contribution in [3.05, 3.63) is 71.0 Å². The van der Waals surface area contributed by atoms with Gasteiger partial charge in [0.15, 0.2) is 0 Å². The van der Waals surface area contributed by atoms with Crippen molar-refractivity contribution in [3.8, 4) is 0 Å². The lowest BCUT2D eigenvalue weighted by Gasteiger charge is -2.14. The number of rotatable bonds is 3. The van der Waals surface area contributed by atoms with E-state index >= 15 is 0 Å². The average molecular weight is 287 g/mol. The average Bonchev–Trinajstić information content (AvgIpc) is 2.87. The van der Waals surface area contributed by atoms with Crippen LogP contribution in [0.1, 0.15) is 22.9 Å². The van der Waals surface area contributed by atoms with Crippen molar-refractivity contribution in [2.24, 2.45) is 0 Å². The zero-order valence-electron chi connectivity index (χ0n) is 11.8. The number of para-hydroxylation sites is 1. The highest BCUT2D eigenvalue weighted by molar-refractivity contribution is 5.81. The summed E-state index contributed by atoms with van der Waals surface area (Å²) in [4.78, 5) is 0. The molecule has 1 unspecified atom stereocenters. The van der Waals surface area contributed by atoms with Gasteiger partial charge < -0.3 is 9.73 Å². The van der Waals surface area contributed by atoms with E-state index in [1.165, 1.54) is 12.1 Å². The summed E-state index contributed by atoms with van der Waals surface area (Å²) in [6, 6.07) is 10.8. The van der Waals surface area contributed by atoms with Gasteiger partial charge in [-0.15, -0.1) is 0 Å². The number of fused-ring (bicyclic) bond motifs is 1. The first-order valence-electron chi connectivity index (χ1n) is 6.71. The van der Waals surface area contributed by atoms with Gasteiger partial charge in [-0.25, -0.2) is 8.78 Å². The van der Waals surface area contributed by atoms with Crippen molar-refractivity contribution < 1.29 is 13.2 Å². The monoisotopic (exact) mass is 287 g/mol. The third kappa shape index (κ3) is 2.43. The van der Waals surface area contributed by atoms with Gasteiger partial charge in [0, 0.05) is 17.0 Å². The Morgan fingerprint density at radius 1 is 1.10 bits per heavy atom. The fourth-order valence-electron chi connectivity index (χ4n) is 2.56. The molecule has 21 heavy (non-hydrogen) atoms. The van der Waals surface area contributed by atoms with Gasteiger partial charge in [0.1, 0.15) is 23.0 Å². The highest BCUT2D eigenvalue weighted by Crippen LogP contribution is 2.30. The smallest absolute Gasteiger partial charge is 0.137 e. The van der Waals surface area contributed by atoms with Crippen LogP contribution in [0.2, 0.25) is 0 Å². The van der Waals surface area contributed by atoms with Crippen molar-refractivity contribution in [2.75, 3.05) is 7.05 Å². The second kappa shape index (κ2) is 5.30. The summed E-state index contributed by atoms with van der Waals surface area (Å²) in [6.07, 6.45) is 0. The summed E-state index contributed by atoms with van der Waals surface area (Å²) in [5, 5.41) is 3.98. The van der Waals surface area contributed by atoms with Crippen LogP contribution in [0.5, 0.6) is 0 Å². The van der Waals surface area contributed by atoms with Gasteiger partial charge in [-0.2, -0.15) is 0 Å². The topological polar surface area (TPSA) is 25.2 Å². The Morgan fingerprint density at radius 2 is 1.90 bits per heavy atom. The summed E-state index contributed by atoms with van der Waals surface area (Å²) in [5.74, 6) is -0.578. The van der Waals surface area contributed by atoms with Gasteiger partial charge in [-0.05, 0) is 31.7 Å². The molecule has 0 amide bonds. The standard InChI is InChI=1S/C17H15F2NO/c1-10-4-3-5-11-8-15(21-17(10)11)16(20-2)13-7-6-12(18)9-14(13)19/h3-9,16,20H,1-2H3. The van der Waals surface area contributed by atoms with E-state index in [1.807, 2.05) is 31.2 Å². The maximum atomic E-state index is 14.0. The molecule has 4 heteroatoms. The van der Waals surface area contributed by atoms with Gasteiger partial charge in [0.2, 0.25) is 0 Å². The lowest BCUT2D eigenvalue weighted by molar-refractivity contribution is 0.472. The van der Waals surface area contributed by atoms with Crippen LogP contribution < -0.4 is 5.32 Å². The largest absolute Gasteiger partial charge is 0.459 e. The van der Waals surface area contributed by atoms with Gasteiger partial charge in [-0.3, -0.25) is 0 Å². The maximum Gasteiger partial charge on any atom is 0.137 e. The summed E-state index contributed by atoms with van der Waals surface area (Å²) < 4.78 is 32.9. The Kier molecular flexibility index (Phi) is 3.47. The minimum absolute atomic E-state index is 0.357. The molecule has 0 spiro atoms. The SMILES string of the molecule is CNC(c1cc2cccc(C)c2o1)c1ccc(F)cc1F. The van der Waals surface area contributed by atoms with Crippen LogP contribution in [0, 0.1) is 18.6 Å². The van der Waals surface area contributed by atoms with Gasteiger partial charge in [0.05, 0.1) is 6.04 Å². The van der Waals surface area contributed by atoms with Crippen molar-refractivity contribution >= 4 is 11.0 Å². The Labute approximate surface area is 121 Å². The van der Waals surface area contributed by atoms with Crippen molar-refractivity contribution in [1.29, 1.82) is 0 Å². The number of halogens is 2. The fourth-order valence-corrected chi connectivity index (χ4v) is 2.56. The molecule has 0 aliphatic heterocycles. The Morgan fingerprint density at radius 3 is 2.57 bits per heavy atom. The molecule has 2 nitrogen and oxygen atoms in total. The Bertz CT molecular complexity index is 795. The minimum atomic E-state index is -0.591. The zero-order chi connectivity index (χ0) is 15.0. The molecule has 0 saturated carbocycles. The maximum absolute atomic E-state index is 14.0. The van der Waals surface area contributed by atoms with Gasteiger partial charge in [0.25, 0.3) is 0 Å². The highest BCUT2D eigenvalue weighted by Gasteiger charge is 2.20. The molecule has 108 valence electrons. The predicted octanol–water partition coefficient (Wildman–Crippen LogP) is 4.33. The Balaban J connectivity index is 2.11. The van der Waals surface area contributed by atoms with Crippen LogP contribution in [-0.2, 0) is 0 Å². The molecule has 1 atom stereocenters. The molecule has 0 fully saturated rings. The van der Waals surface area contributed by atoms with Crippen molar-refractivity contribution in [3.63, 3.8) is 0 Å². The molecule has 0 bridgehead atoms. The van der Waals surface area contributed by atoms with Crippen LogP contribution in [-0.4, -0.2) is 7.05 Å². The fraction of sp³-hybridized carbons (Fsp3) is 0.176. The van der Waals surface area contributed by atoms with Crippen molar-refractivity contribution in [2.45, 2.75) is 13.0 Å². The highest BCUT2D eigenvalue weighted by atomic mass is 19.1. The molecule has 0 aliphatic rings. The molecule has 1 heterocycles. The van der Waals surface area contributed by atoms with E-state index < -0.39 is 17.7 Å². The summed E-state index contributed by atoms with van der Waals surface area (Å²) in [7, 11) is 1.72. The first-order chi connectivity index (χ1) is 10.1. The molecule has 2 aromatic carbocycles. The van der Waals surface area contributed by atoms with Crippen LogP contribution in [0.25, 0.3) is 11.0 Å². The van der Waals surface area contributed by atoms with Crippen LogP contribution in [0.4, 0.5) is 8.78 Å². The van der Waals surface area contributed by atoms with Crippen LogP contribution in [0.15, 0.2) is 46.9 Å². The Hall–Kier alpha value is -2.20. The molecule has 1 aromatic heterocycles. The summed E-state index contributed by atoms with van der Waals surface area (Å²) >= 11 is 0. The molecular formula is C17H15F2NO. The molecular weight excluding hydrogens is 272 g/mol. The molecule has 0 radical (unpaired) electrons. The summed E-state index contributed by atoms with van der Waals surface area (Å²) in [6.45, 7) is 1.96. The van der Waals surface area contributed by atoms with Crippen LogP contribution in [0.3, 0.4) is 0 Å². The number of hydrogen-bond donors (Lipinski definition) is 1. The van der Waals surface area contributed by atoms with E-state index in [9.17, 15) is 8.78 Å². The van der Waals surface area contributed by atoms with Crippen molar-refractivity contribution in [1.82, 2.24) is 5.32 Å². The van der Waals surface area contributed by atoms with E-state index in [-0.39, 0.29) is 0 Å². The number of benzene rings is 2. The zero-order valence-corrected chi connectivity index (χ0v) is 11.8. The van der Waals surface area contributed by atoms with Crippen LogP contribution >= 0.6 is 0 Å². The van der Waals surface area contributed by atoms with Gasteiger partial charge in [-0.1, -0.05) is 24.3 Å². The van der Waals surface area contributed by atoms with Gasteiger partial charge >= 0.3 is 0 Å². The lowest BCUT2D eigenvalue weighted by Crippen LogP contribution is -2.18. The number of nitrogens with one attached hydrogen (secondary N) is 1. The first kappa shape index (κ1) is 13.8. The molecule has 3 rings (SSSR count). The first-order valence-corrected chi connectivity index (χ1v) is 6.71. The summed E-state index contributed by atoms with van der Waals surface area (Å²) in [5.41, 5.74) is 2.17. The molecule has 1 N–H and O–H groups in total. The third-order valence-corrected chi connectivity index (χ3v) is 3.61. The third-order valence-electron chi connectivity index (χ3n) is 3.61.